The maximum absolute atomic E-state index is 13.8. The Balaban J connectivity index is 2.32. The van der Waals surface area contributed by atoms with Crippen LogP contribution in [0.3, 0.4) is 0 Å². The third-order valence-corrected chi connectivity index (χ3v) is 3.04. The Labute approximate surface area is 117 Å². The van der Waals surface area contributed by atoms with E-state index in [0.717, 1.165) is 5.56 Å². The molecule has 2 N–H and O–H groups in total. The second kappa shape index (κ2) is 6.01. The summed E-state index contributed by atoms with van der Waals surface area (Å²) in [5.41, 5.74) is 6.80. The first-order chi connectivity index (χ1) is 9.51. The van der Waals surface area contributed by atoms with Gasteiger partial charge in [0.2, 0.25) is 0 Å². The van der Waals surface area contributed by atoms with E-state index in [1.807, 2.05) is 19.9 Å². The molecule has 0 atom stereocenters. The summed E-state index contributed by atoms with van der Waals surface area (Å²) >= 11 is 0. The molecular formula is C16H17F2NO. The lowest BCUT2D eigenvalue weighted by molar-refractivity contribution is 0.406. The number of benzene rings is 2. The van der Waals surface area contributed by atoms with Crippen molar-refractivity contribution in [2.75, 3.05) is 0 Å². The predicted octanol–water partition coefficient (Wildman–Crippen LogP) is 4.34. The van der Waals surface area contributed by atoms with Crippen LogP contribution >= 0.6 is 0 Å². The second-order valence-corrected chi connectivity index (χ2v) is 4.92. The van der Waals surface area contributed by atoms with Gasteiger partial charge in [-0.15, -0.1) is 0 Å². The van der Waals surface area contributed by atoms with Crippen molar-refractivity contribution < 1.29 is 13.5 Å². The summed E-state index contributed by atoms with van der Waals surface area (Å²) in [5, 5.41) is 0. The molecule has 4 heteroatoms. The highest BCUT2D eigenvalue weighted by molar-refractivity contribution is 5.38. The maximum atomic E-state index is 13.8. The van der Waals surface area contributed by atoms with Crippen LogP contribution in [0.25, 0.3) is 0 Å². The molecule has 106 valence electrons. The van der Waals surface area contributed by atoms with Crippen molar-refractivity contribution in [3.8, 4) is 11.5 Å². The molecule has 2 aromatic rings. The highest BCUT2D eigenvalue weighted by atomic mass is 19.1. The standard InChI is InChI=1S/C16H17F2NO/c1-10(2)12-4-3-5-13(8-12)20-16-14(17)6-11(9-19)7-15(16)18/h3-8,10H,9,19H2,1-2H3. The van der Waals surface area contributed by atoms with E-state index in [-0.39, 0.29) is 6.54 Å². The predicted molar refractivity (Wildman–Crippen MR) is 74.9 cm³/mol. The molecule has 0 bridgehead atoms. The van der Waals surface area contributed by atoms with Gasteiger partial charge in [-0.05, 0) is 41.3 Å². The molecule has 2 nitrogen and oxygen atoms in total. The van der Waals surface area contributed by atoms with Crippen LogP contribution in [-0.4, -0.2) is 0 Å². The van der Waals surface area contributed by atoms with E-state index in [9.17, 15) is 8.78 Å². The first kappa shape index (κ1) is 14.5. The quantitative estimate of drug-likeness (QED) is 0.902. The zero-order valence-electron chi connectivity index (χ0n) is 11.5. The zero-order chi connectivity index (χ0) is 14.7. The Hall–Kier alpha value is -1.94. The van der Waals surface area contributed by atoms with E-state index in [1.54, 1.807) is 18.2 Å². The molecule has 0 aliphatic carbocycles. The van der Waals surface area contributed by atoms with Crippen LogP contribution in [0.4, 0.5) is 8.78 Å². The van der Waals surface area contributed by atoms with Gasteiger partial charge in [0.05, 0.1) is 0 Å². The molecule has 0 radical (unpaired) electrons. The van der Waals surface area contributed by atoms with E-state index in [0.29, 0.717) is 17.2 Å². The first-order valence-corrected chi connectivity index (χ1v) is 6.47. The summed E-state index contributed by atoms with van der Waals surface area (Å²) in [6.07, 6.45) is 0. The molecule has 20 heavy (non-hydrogen) atoms. The van der Waals surface area contributed by atoms with Crippen molar-refractivity contribution >= 4 is 0 Å². The number of rotatable bonds is 4. The fourth-order valence-electron chi connectivity index (χ4n) is 1.88. The Morgan fingerprint density at radius 1 is 1.10 bits per heavy atom. The third-order valence-electron chi connectivity index (χ3n) is 3.04. The molecule has 0 aromatic heterocycles. The molecule has 2 aromatic carbocycles. The number of nitrogens with two attached hydrogens (primary N) is 1. The summed E-state index contributed by atoms with van der Waals surface area (Å²) in [6, 6.07) is 9.56. The zero-order valence-corrected chi connectivity index (χ0v) is 11.5. The van der Waals surface area contributed by atoms with Crippen LogP contribution in [0, 0.1) is 11.6 Å². The SMILES string of the molecule is CC(C)c1cccc(Oc2c(F)cc(CN)cc2F)c1. The molecule has 0 saturated heterocycles. The van der Waals surface area contributed by atoms with E-state index < -0.39 is 17.4 Å². The van der Waals surface area contributed by atoms with Crippen LogP contribution in [0.1, 0.15) is 30.9 Å². The molecular weight excluding hydrogens is 260 g/mol. The minimum Gasteiger partial charge on any atom is -0.451 e. The lowest BCUT2D eigenvalue weighted by atomic mass is 10.0. The van der Waals surface area contributed by atoms with E-state index in [1.165, 1.54) is 12.1 Å². The van der Waals surface area contributed by atoms with Gasteiger partial charge >= 0.3 is 0 Å². The van der Waals surface area contributed by atoms with E-state index in [2.05, 4.69) is 0 Å². The van der Waals surface area contributed by atoms with Crippen LogP contribution < -0.4 is 10.5 Å². The first-order valence-electron chi connectivity index (χ1n) is 6.47. The Morgan fingerprint density at radius 2 is 1.75 bits per heavy atom. The minimum atomic E-state index is -0.750. The number of ether oxygens (including phenoxy) is 1. The number of halogens is 2. The van der Waals surface area contributed by atoms with Gasteiger partial charge in [0.15, 0.2) is 17.4 Å². The number of hydrogen-bond donors (Lipinski definition) is 1. The van der Waals surface area contributed by atoms with Gasteiger partial charge in [0.25, 0.3) is 0 Å². The maximum Gasteiger partial charge on any atom is 0.198 e. The van der Waals surface area contributed by atoms with Crippen molar-refractivity contribution in [3.05, 3.63) is 59.2 Å². The smallest absolute Gasteiger partial charge is 0.198 e. The highest BCUT2D eigenvalue weighted by Crippen LogP contribution is 2.30. The summed E-state index contributed by atoms with van der Waals surface area (Å²) < 4.78 is 33.0. The van der Waals surface area contributed by atoms with Crippen molar-refractivity contribution in [1.82, 2.24) is 0 Å². The summed E-state index contributed by atoms with van der Waals surface area (Å²) in [7, 11) is 0. The Morgan fingerprint density at radius 3 is 2.30 bits per heavy atom. The van der Waals surface area contributed by atoms with Crippen LogP contribution in [-0.2, 0) is 6.54 Å². The molecule has 2 rings (SSSR count). The summed E-state index contributed by atoms with van der Waals surface area (Å²) in [6.45, 7) is 4.16. The third kappa shape index (κ3) is 3.14. The fourth-order valence-corrected chi connectivity index (χ4v) is 1.88. The van der Waals surface area contributed by atoms with Crippen molar-refractivity contribution in [2.24, 2.45) is 5.73 Å². The molecule has 0 aliphatic rings. The van der Waals surface area contributed by atoms with Crippen molar-refractivity contribution in [2.45, 2.75) is 26.3 Å². The minimum absolute atomic E-state index is 0.0803. The van der Waals surface area contributed by atoms with Crippen LogP contribution in [0.15, 0.2) is 36.4 Å². The number of hydrogen-bond acceptors (Lipinski definition) is 2. The monoisotopic (exact) mass is 277 g/mol. The normalized spacial score (nSPS) is 10.9. The van der Waals surface area contributed by atoms with Crippen molar-refractivity contribution in [3.63, 3.8) is 0 Å². The molecule has 0 spiro atoms. The Bertz CT molecular complexity index is 588. The second-order valence-electron chi connectivity index (χ2n) is 4.92. The molecule has 0 amide bonds. The van der Waals surface area contributed by atoms with Gasteiger partial charge in [0.1, 0.15) is 5.75 Å². The molecule has 0 unspecified atom stereocenters. The average Bonchev–Trinajstić information content (AvgIpc) is 2.42. The van der Waals surface area contributed by atoms with Crippen LogP contribution in [0.5, 0.6) is 11.5 Å². The average molecular weight is 277 g/mol. The lowest BCUT2D eigenvalue weighted by Crippen LogP contribution is -2.00. The van der Waals surface area contributed by atoms with Gasteiger partial charge < -0.3 is 10.5 Å². The fraction of sp³-hybridized carbons (Fsp3) is 0.250. The van der Waals surface area contributed by atoms with E-state index in [4.69, 9.17) is 10.5 Å². The lowest BCUT2D eigenvalue weighted by Gasteiger charge is -2.11. The Kier molecular flexibility index (Phi) is 4.35. The van der Waals surface area contributed by atoms with Crippen molar-refractivity contribution in [1.29, 1.82) is 0 Å². The van der Waals surface area contributed by atoms with E-state index >= 15 is 0 Å². The van der Waals surface area contributed by atoms with Gasteiger partial charge in [-0.3, -0.25) is 0 Å². The summed E-state index contributed by atoms with van der Waals surface area (Å²) in [5.74, 6) is -1.17. The summed E-state index contributed by atoms with van der Waals surface area (Å²) in [4.78, 5) is 0. The molecule has 0 fully saturated rings. The van der Waals surface area contributed by atoms with Crippen LogP contribution in [0.2, 0.25) is 0 Å². The van der Waals surface area contributed by atoms with Gasteiger partial charge in [-0.2, -0.15) is 0 Å². The highest BCUT2D eigenvalue weighted by Gasteiger charge is 2.13. The van der Waals surface area contributed by atoms with Gasteiger partial charge in [-0.25, -0.2) is 8.78 Å². The topological polar surface area (TPSA) is 35.2 Å². The molecule has 0 aliphatic heterocycles. The van der Waals surface area contributed by atoms with Gasteiger partial charge in [-0.1, -0.05) is 26.0 Å². The molecule has 0 heterocycles. The van der Waals surface area contributed by atoms with Gasteiger partial charge in [0, 0.05) is 6.54 Å². The largest absolute Gasteiger partial charge is 0.451 e. The molecule has 0 saturated carbocycles.